The molecular weight excluding hydrogens is 235 g/mol. The van der Waals surface area contributed by atoms with E-state index in [-0.39, 0.29) is 17.6 Å². The van der Waals surface area contributed by atoms with Crippen LogP contribution in [0.5, 0.6) is 5.88 Å². The van der Waals surface area contributed by atoms with E-state index in [1.807, 2.05) is 0 Å². The highest BCUT2D eigenvalue weighted by Gasteiger charge is 2.42. The average molecular weight is 252 g/mol. The Labute approximate surface area is 106 Å². The normalized spacial score (nSPS) is 26.4. The van der Waals surface area contributed by atoms with Crippen molar-refractivity contribution in [1.82, 2.24) is 10.3 Å². The summed E-state index contributed by atoms with van der Waals surface area (Å²) in [7, 11) is 0. The summed E-state index contributed by atoms with van der Waals surface area (Å²) in [5.74, 6) is -0.333. The van der Waals surface area contributed by atoms with Crippen LogP contribution < -0.4 is 10.1 Å². The lowest BCUT2D eigenvalue weighted by molar-refractivity contribution is -0.0206. The molecule has 0 aromatic carbocycles. The van der Waals surface area contributed by atoms with Crippen LogP contribution in [0.1, 0.15) is 19.3 Å². The molecule has 0 unspecified atom stereocenters. The summed E-state index contributed by atoms with van der Waals surface area (Å²) in [6, 6.07) is 2.92. The molecule has 3 rings (SSSR count). The summed E-state index contributed by atoms with van der Waals surface area (Å²) < 4.78 is 24.9. The number of hydrogen-bond donors (Lipinski definition) is 1. The lowest BCUT2D eigenvalue weighted by atomic mass is 9.89. The lowest BCUT2D eigenvalue weighted by Gasteiger charge is -2.32. The van der Waals surface area contributed by atoms with Gasteiger partial charge >= 0.3 is 0 Å². The number of pyridine rings is 1. The van der Waals surface area contributed by atoms with E-state index in [4.69, 9.17) is 9.47 Å². The van der Waals surface area contributed by atoms with Gasteiger partial charge in [-0.1, -0.05) is 0 Å². The van der Waals surface area contributed by atoms with Gasteiger partial charge in [-0.05, 0) is 38.1 Å². The third-order valence-electron chi connectivity index (χ3n) is 3.69. The van der Waals surface area contributed by atoms with Gasteiger partial charge < -0.3 is 14.8 Å². The molecule has 1 N–H and O–H groups in total. The zero-order valence-electron chi connectivity index (χ0n) is 10.2. The quantitative estimate of drug-likeness (QED) is 0.866. The Balaban J connectivity index is 1.64. The second-order valence-electron chi connectivity index (χ2n) is 4.98. The highest BCUT2D eigenvalue weighted by molar-refractivity contribution is 5.13. The minimum atomic E-state index is -0.413. The molecule has 1 aromatic heterocycles. The summed E-state index contributed by atoms with van der Waals surface area (Å²) in [6.07, 6.45) is 4.27. The van der Waals surface area contributed by atoms with E-state index in [1.165, 1.54) is 12.3 Å². The first-order valence-electron chi connectivity index (χ1n) is 6.39. The first-order valence-corrected chi connectivity index (χ1v) is 6.39. The number of piperidine rings is 1. The molecule has 2 fully saturated rings. The molecule has 2 saturated heterocycles. The molecule has 0 amide bonds. The van der Waals surface area contributed by atoms with Crippen LogP contribution in [-0.2, 0) is 4.74 Å². The molecule has 1 atom stereocenters. The topological polar surface area (TPSA) is 43.4 Å². The van der Waals surface area contributed by atoms with E-state index in [0.29, 0.717) is 6.61 Å². The van der Waals surface area contributed by atoms with Crippen LogP contribution in [0.4, 0.5) is 4.39 Å². The van der Waals surface area contributed by atoms with Crippen LogP contribution in [0.25, 0.3) is 0 Å². The third kappa shape index (κ3) is 2.33. The van der Waals surface area contributed by atoms with Crippen molar-refractivity contribution < 1.29 is 13.9 Å². The molecule has 98 valence electrons. The molecule has 3 heterocycles. The van der Waals surface area contributed by atoms with Crippen LogP contribution in [0, 0.1) is 5.82 Å². The van der Waals surface area contributed by atoms with E-state index >= 15 is 0 Å². The Morgan fingerprint density at radius 2 is 2.28 bits per heavy atom. The van der Waals surface area contributed by atoms with Gasteiger partial charge in [-0.3, -0.25) is 0 Å². The predicted octanol–water partition coefficient (Wildman–Crippen LogP) is 1.51. The first-order chi connectivity index (χ1) is 8.77. The maximum absolute atomic E-state index is 13.4. The third-order valence-corrected chi connectivity index (χ3v) is 3.69. The van der Waals surface area contributed by atoms with E-state index in [1.54, 1.807) is 6.07 Å². The van der Waals surface area contributed by atoms with Crippen molar-refractivity contribution in [1.29, 1.82) is 0 Å². The fourth-order valence-corrected chi connectivity index (χ4v) is 2.72. The van der Waals surface area contributed by atoms with Crippen LogP contribution in [0.2, 0.25) is 0 Å². The van der Waals surface area contributed by atoms with Crippen molar-refractivity contribution in [3.8, 4) is 5.88 Å². The van der Waals surface area contributed by atoms with Crippen LogP contribution in [0.15, 0.2) is 18.3 Å². The van der Waals surface area contributed by atoms with Crippen LogP contribution in [0.3, 0.4) is 0 Å². The smallest absolute Gasteiger partial charge is 0.250 e. The van der Waals surface area contributed by atoms with Gasteiger partial charge in [0.1, 0.15) is 6.10 Å². The zero-order valence-corrected chi connectivity index (χ0v) is 10.2. The van der Waals surface area contributed by atoms with Crippen LogP contribution in [-0.4, -0.2) is 36.4 Å². The second kappa shape index (κ2) is 4.82. The monoisotopic (exact) mass is 252 g/mol. The summed E-state index contributed by atoms with van der Waals surface area (Å²) in [4.78, 5) is 3.91. The number of hydrogen-bond acceptors (Lipinski definition) is 4. The minimum Gasteiger partial charge on any atom is -0.470 e. The molecule has 0 radical (unpaired) electrons. The van der Waals surface area contributed by atoms with Gasteiger partial charge in [0.15, 0.2) is 5.82 Å². The van der Waals surface area contributed by atoms with Gasteiger partial charge in [-0.25, -0.2) is 9.37 Å². The number of aromatic nitrogens is 1. The Kier molecular flexibility index (Phi) is 3.18. The summed E-state index contributed by atoms with van der Waals surface area (Å²) >= 11 is 0. The number of rotatable bonds is 2. The molecule has 1 aromatic rings. The van der Waals surface area contributed by atoms with E-state index < -0.39 is 5.82 Å². The SMILES string of the molecule is Fc1cccnc1O[C@@H]1COC2(CCNCC2)C1. The minimum absolute atomic E-state index is 0.0683. The molecular formula is C13H17FN2O2. The van der Waals surface area contributed by atoms with Crippen LogP contribution >= 0.6 is 0 Å². The summed E-state index contributed by atoms with van der Waals surface area (Å²) in [5, 5.41) is 3.32. The van der Waals surface area contributed by atoms with Gasteiger partial charge in [0.05, 0.1) is 12.2 Å². The molecule has 0 aliphatic carbocycles. The maximum atomic E-state index is 13.4. The van der Waals surface area contributed by atoms with E-state index in [0.717, 1.165) is 32.4 Å². The van der Waals surface area contributed by atoms with E-state index in [9.17, 15) is 4.39 Å². The predicted molar refractivity (Wildman–Crippen MR) is 64.0 cm³/mol. The molecule has 1 spiro atoms. The highest BCUT2D eigenvalue weighted by atomic mass is 19.1. The number of ether oxygens (including phenoxy) is 2. The first kappa shape index (κ1) is 11.9. The van der Waals surface area contributed by atoms with Crippen molar-refractivity contribution in [3.05, 3.63) is 24.1 Å². The highest BCUT2D eigenvalue weighted by Crippen LogP contribution is 2.35. The van der Waals surface area contributed by atoms with Crippen molar-refractivity contribution in [3.63, 3.8) is 0 Å². The number of nitrogens with one attached hydrogen (secondary N) is 1. The van der Waals surface area contributed by atoms with Crippen molar-refractivity contribution in [2.24, 2.45) is 0 Å². The average Bonchev–Trinajstić information content (AvgIpc) is 2.76. The van der Waals surface area contributed by atoms with Crippen molar-refractivity contribution in [2.75, 3.05) is 19.7 Å². The summed E-state index contributed by atoms with van der Waals surface area (Å²) in [6.45, 7) is 2.48. The lowest BCUT2D eigenvalue weighted by Crippen LogP contribution is -2.41. The van der Waals surface area contributed by atoms with Gasteiger partial charge in [0, 0.05) is 12.6 Å². The number of halogens is 1. The van der Waals surface area contributed by atoms with Gasteiger partial charge in [-0.2, -0.15) is 0 Å². The maximum Gasteiger partial charge on any atom is 0.250 e. The Hall–Kier alpha value is -1.20. The van der Waals surface area contributed by atoms with E-state index in [2.05, 4.69) is 10.3 Å². The molecule has 4 nitrogen and oxygen atoms in total. The standard InChI is InChI=1S/C13H17FN2O2/c14-11-2-1-5-16-12(11)18-10-8-13(17-9-10)3-6-15-7-4-13/h1-2,5,10,15H,3-4,6-9H2/t10-/m0/s1. The second-order valence-corrected chi connectivity index (χ2v) is 4.98. The number of nitrogens with zero attached hydrogens (tertiary/aromatic N) is 1. The zero-order chi connectivity index (χ0) is 12.4. The Bertz CT molecular complexity index is 421. The fraction of sp³-hybridized carbons (Fsp3) is 0.615. The van der Waals surface area contributed by atoms with Crippen molar-refractivity contribution >= 4 is 0 Å². The largest absolute Gasteiger partial charge is 0.470 e. The Morgan fingerprint density at radius 3 is 3.06 bits per heavy atom. The van der Waals surface area contributed by atoms with Gasteiger partial charge in [0.2, 0.25) is 0 Å². The van der Waals surface area contributed by atoms with Gasteiger partial charge in [-0.15, -0.1) is 0 Å². The molecule has 0 saturated carbocycles. The molecule has 0 bridgehead atoms. The fourth-order valence-electron chi connectivity index (χ4n) is 2.72. The van der Waals surface area contributed by atoms with Gasteiger partial charge in [0.25, 0.3) is 5.88 Å². The molecule has 5 heteroatoms. The molecule has 2 aliphatic heterocycles. The molecule has 18 heavy (non-hydrogen) atoms. The van der Waals surface area contributed by atoms with Crippen molar-refractivity contribution in [2.45, 2.75) is 31.0 Å². The Morgan fingerprint density at radius 1 is 1.44 bits per heavy atom. The summed E-state index contributed by atoms with van der Waals surface area (Å²) in [5.41, 5.74) is -0.0683. The molecule has 2 aliphatic rings.